The molecule has 0 aliphatic rings. The fourth-order valence-corrected chi connectivity index (χ4v) is 1.95. The first kappa shape index (κ1) is 14.5. The van der Waals surface area contributed by atoms with Crippen molar-refractivity contribution in [1.29, 1.82) is 0 Å². The van der Waals surface area contributed by atoms with Gasteiger partial charge in [-0.25, -0.2) is 0 Å². The second-order valence-corrected chi connectivity index (χ2v) is 4.95. The van der Waals surface area contributed by atoms with E-state index in [1.54, 1.807) is 14.2 Å². The van der Waals surface area contributed by atoms with E-state index < -0.39 is 0 Å². The van der Waals surface area contributed by atoms with Gasteiger partial charge in [-0.2, -0.15) is 0 Å². The molecule has 0 aliphatic carbocycles. The van der Waals surface area contributed by atoms with Crippen LogP contribution >= 0.6 is 0 Å². The summed E-state index contributed by atoms with van der Waals surface area (Å²) in [4.78, 5) is 11.6. The summed E-state index contributed by atoms with van der Waals surface area (Å²) in [6.07, 6.45) is 0.729. The minimum atomic E-state index is -0.303. The van der Waals surface area contributed by atoms with Crippen molar-refractivity contribution in [2.24, 2.45) is 0 Å². The summed E-state index contributed by atoms with van der Waals surface area (Å²) in [5, 5.41) is 5.84. The number of methoxy groups -OCH3 is 1. The molecule has 4 nitrogen and oxygen atoms in total. The van der Waals surface area contributed by atoms with E-state index in [4.69, 9.17) is 4.74 Å². The number of hydrogen-bond acceptors (Lipinski definition) is 3. The number of ether oxygens (including phenoxy) is 1. The fraction of sp³-hybridized carbons (Fsp3) is 0.500. The smallest absolute Gasteiger partial charge is 0.234 e. The Morgan fingerprint density at radius 3 is 2.61 bits per heavy atom. The average molecular weight is 250 g/mol. The highest BCUT2D eigenvalue weighted by atomic mass is 16.5. The molecule has 0 spiro atoms. The summed E-state index contributed by atoms with van der Waals surface area (Å²) < 4.78 is 5.32. The lowest BCUT2D eigenvalue weighted by Crippen LogP contribution is -2.47. The molecular weight excluding hydrogens is 228 g/mol. The van der Waals surface area contributed by atoms with E-state index in [1.165, 1.54) is 0 Å². The Bertz CT molecular complexity index is 403. The summed E-state index contributed by atoms with van der Waals surface area (Å²) in [7, 11) is 3.41. The van der Waals surface area contributed by atoms with Crippen LogP contribution in [0.5, 0.6) is 5.75 Å². The van der Waals surface area contributed by atoms with Gasteiger partial charge in [0.25, 0.3) is 0 Å². The number of carbonyl (C=O) groups excluding carboxylic acids is 1. The monoisotopic (exact) mass is 250 g/mol. The number of nitrogens with one attached hydrogen (secondary N) is 2. The second-order valence-electron chi connectivity index (χ2n) is 4.95. The Morgan fingerprint density at radius 2 is 2.00 bits per heavy atom. The van der Waals surface area contributed by atoms with E-state index in [9.17, 15) is 4.79 Å². The van der Waals surface area contributed by atoms with Crippen LogP contribution in [-0.2, 0) is 11.2 Å². The molecule has 1 rings (SSSR count). The van der Waals surface area contributed by atoms with E-state index in [1.807, 2.05) is 38.1 Å². The van der Waals surface area contributed by atoms with Crippen LogP contribution in [0.15, 0.2) is 24.3 Å². The standard InChI is InChI=1S/C14H22N2O2/c1-14(2,16-13(17)10-15-3)9-11-7-5-6-8-12(11)18-4/h5-8,15H,9-10H2,1-4H3,(H,16,17). The van der Waals surface area contributed by atoms with Gasteiger partial charge in [-0.15, -0.1) is 0 Å². The number of likely N-dealkylation sites (N-methyl/N-ethyl adjacent to an activating group) is 1. The Hall–Kier alpha value is -1.55. The normalized spacial score (nSPS) is 11.1. The third-order valence-electron chi connectivity index (χ3n) is 2.64. The molecule has 0 aliphatic heterocycles. The van der Waals surface area contributed by atoms with Crippen molar-refractivity contribution < 1.29 is 9.53 Å². The molecule has 0 saturated carbocycles. The fourth-order valence-electron chi connectivity index (χ4n) is 1.95. The lowest BCUT2D eigenvalue weighted by molar-refractivity contribution is -0.121. The van der Waals surface area contributed by atoms with Crippen molar-refractivity contribution in [3.05, 3.63) is 29.8 Å². The molecule has 18 heavy (non-hydrogen) atoms. The Balaban J connectivity index is 2.72. The lowest BCUT2D eigenvalue weighted by atomic mass is 9.94. The molecule has 100 valence electrons. The molecule has 2 N–H and O–H groups in total. The van der Waals surface area contributed by atoms with Crippen LogP contribution in [0, 0.1) is 0 Å². The molecule has 0 bridgehead atoms. The first-order chi connectivity index (χ1) is 8.48. The van der Waals surface area contributed by atoms with Crippen LogP contribution in [0.25, 0.3) is 0 Å². The highest BCUT2D eigenvalue weighted by Crippen LogP contribution is 2.22. The minimum Gasteiger partial charge on any atom is -0.496 e. The predicted octanol–water partition coefficient (Wildman–Crippen LogP) is 1.35. The van der Waals surface area contributed by atoms with E-state index in [-0.39, 0.29) is 11.4 Å². The van der Waals surface area contributed by atoms with Gasteiger partial charge in [0.2, 0.25) is 5.91 Å². The Morgan fingerprint density at radius 1 is 1.33 bits per heavy atom. The van der Waals surface area contributed by atoms with Gasteiger partial charge in [0.15, 0.2) is 0 Å². The van der Waals surface area contributed by atoms with Gasteiger partial charge in [0.05, 0.1) is 13.7 Å². The molecule has 0 aromatic heterocycles. The first-order valence-electron chi connectivity index (χ1n) is 6.06. The van der Waals surface area contributed by atoms with Crippen LogP contribution in [0.4, 0.5) is 0 Å². The average Bonchev–Trinajstić information content (AvgIpc) is 2.28. The van der Waals surface area contributed by atoms with Gasteiger partial charge < -0.3 is 15.4 Å². The molecule has 1 aromatic rings. The molecule has 0 saturated heterocycles. The topological polar surface area (TPSA) is 50.4 Å². The zero-order valence-corrected chi connectivity index (χ0v) is 11.5. The van der Waals surface area contributed by atoms with Crippen molar-refractivity contribution in [3.63, 3.8) is 0 Å². The minimum absolute atomic E-state index is 0.00241. The summed E-state index contributed by atoms with van der Waals surface area (Å²) in [5.74, 6) is 0.853. The van der Waals surface area contributed by atoms with Crippen molar-refractivity contribution in [3.8, 4) is 5.75 Å². The molecule has 0 unspecified atom stereocenters. The second kappa shape index (κ2) is 6.40. The van der Waals surface area contributed by atoms with Crippen LogP contribution < -0.4 is 15.4 Å². The Labute approximate surface area is 109 Å². The summed E-state index contributed by atoms with van der Waals surface area (Å²) in [6.45, 7) is 4.34. The summed E-state index contributed by atoms with van der Waals surface area (Å²) >= 11 is 0. The predicted molar refractivity (Wildman–Crippen MR) is 72.8 cm³/mol. The van der Waals surface area contributed by atoms with E-state index >= 15 is 0 Å². The van der Waals surface area contributed by atoms with Crippen LogP contribution in [-0.4, -0.2) is 32.1 Å². The van der Waals surface area contributed by atoms with E-state index in [0.717, 1.165) is 17.7 Å². The molecule has 1 aromatic carbocycles. The lowest BCUT2D eigenvalue weighted by Gasteiger charge is -2.27. The zero-order valence-electron chi connectivity index (χ0n) is 11.5. The molecule has 4 heteroatoms. The van der Waals surface area contributed by atoms with Gasteiger partial charge in [-0.3, -0.25) is 4.79 Å². The molecule has 0 radical (unpaired) electrons. The molecule has 0 heterocycles. The number of rotatable bonds is 6. The highest BCUT2D eigenvalue weighted by molar-refractivity contribution is 5.78. The van der Waals surface area contributed by atoms with Crippen LogP contribution in [0.1, 0.15) is 19.4 Å². The summed E-state index contributed by atoms with van der Waals surface area (Å²) in [6, 6.07) is 7.86. The number of carbonyl (C=O) groups is 1. The number of benzene rings is 1. The first-order valence-corrected chi connectivity index (χ1v) is 6.06. The number of hydrogen-bond donors (Lipinski definition) is 2. The van der Waals surface area contributed by atoms with Gasteiger partial charge in [0, 0.05) is 5.54 Å². The van der Waals surface area contributed by atoms with Gasteiger partial charge in [-0.05, 0) is 38.9 Å². The quantitative estimate of drug-likeness (QED) is 0.801. The maximum Gasteiger partial charge on any atom is 0.234 e. The number of para-hydroxylation sites is 1. The molecular formula is C14H22N2O2. The van der Waals surface area contributed by atoms with Crippen LogP contribution in [0.2, 0.25) is 0 Å². The van der Waals surface area contributed by atoms with Crippen LogP contribution in [0.3, 0.4) is 0 Å². The van der Waals surface area contributed by atoms with Crippen molar-refractivity contribution in [1.82, 2.24) is 10.6 Å². The third kappa shape index (κ3) is 4.37. The van der Waals surface area contributed by atoms with Gasteiger partial charge in [-0.1, -0.05) is 18.2 Å². The zero-order chi connectivity index (χ0) is 13.6. The van der Waals surface area contributed by atoms with Crippen molar-refractivity contribution >= 4 is 5.91 Å². The highest BCUT2D eigenvalue weighted by Gasteiger charge is 2.22. The molecule has 1 amide bonds. The SMILES string of the molecule is CNCC(=O)NC(C)(C)Cc1ccccc1OC. The van der Waals surface area contributed by atoms with Gasteiger partial charge >= 0.3 is 0 Å². The van der Waals surface area contributed by atoms with E-state index in [0.29, 0.717) is 6.54 Å². The maximum absolute atomic E-state index is 11.6. The Kier molecular flexibility index (Phi) is 5.16. The summed E-state index contributed by atoms with van der Waals surface area (Å²) in [5.41, 5.74) is 0.789. The third-order valence-corrected chi connectivity index (χ3v) is 2.64. The van der Waals surface area contributed by atoms with E-state index in [2.05, 4.69) is 10.6 Å². The van der Waals surface area contributed by atoms with Gasteiger partial charge in [0.1, 0.15) is 5.75 Å². The molecule has 0 fully saturated rings. The number of amides is 1. The maximum atomic E-state index is 11.6. The largest absolute Gasteiger partial charge is 0.496 e. The van der Waals surface area contributed by atoms with Crippen molar-refractivity contribution in [2.45, 2.75) is 25.8 Å². The van der Waals surface area contributed by atoms with Crippen molar-refractivity contribution in [2.75, 3.05) is 20.7 Å². The molecule has 0 atom stereocenters.